The molecule has 0 aliphatic rings. The maximum atomic E-state index is 12.5. The molecule has 0 aliphatic heterocycles. The minimum atomic E-state index is -0.757. The molecule has 4 nitrogen and oxygen atoms in total. The molecular formula is C17H20N2O2. The molecule has 0 saturated heterocycles. The van der Waals surface area contributed by atoms with Gasteiger partial charge in [-0.2, -0.15) is 0 Å². The van der Waals surface area contributed by atoms with E-state index in [0.29, 0.717) is 18.7 Å². The number of rotatable bonds is 5. The normalized spacial score (nSPS) is 13.4. The lowest BCUT2D eigenvalue weighted by Gasteiger charge is -2.28. The lowest BCUT2D eigenvalue weighted by molar-refractivity contribution is -0.149. The number of pyridine rings is 1. The third kappa shape index (κ3) is 3.40. The SMILES string of the molecule is CCOC(=O)C(C)(Cc1cccnc1)c1ccc(N)cc1. The standard InChI is InChI=1S/C17H20N2O2/c1-3-21-16(20)17(2,11-13-5-4-10-19-12-13)14-6-8-15(18)9-7-14/h4-10,12H,3,11,18H2,1-2H3. The molecule has 0 amide bonds. The minimum absolute atomic E-state index is 0.237. The Labute approximate surface area is 125 Å². The molecule has 21 heavy (non-hydrogen) atoms. The third-order valence-corrected chi connectivity index (χ3v) is 3.55. The van der Waals surface area contributed by atoms with Gasteiger partial charge in [-0.05, 0) is 49.6 Å². The van der Waals surface area contributed by atoms with Gasteiger partial charge < -0.3 is 10.5 Å². The molecule has 110 valence electrons. The maximum absolute atomic E-state index is 12.5. The highest BCUT2D eigenvalue weighted by Gasteiger charge is 2.37. The molecule has 0 saturated carbocycles. The summed E-state index contributed by atoms with van der Waals surface area (Å²) in [7, 11) is 0. The number of anilines is 1. The van der Waals surface area contributed by atoms with Crippen LogP contribution in [0, 0.1) is 0 Å². The Morgan fingerprint density at radius 2 is 2.00 bits per heavy atom. The molecule has 2 rings (SSSR count). The molecule has 0 radical (unpaired) electrons. The van der Waals surface area contributed by atoms with E-state index in [1.807, 2.05) is 38.1 Å². The molecule has 1 unspecified atom stereocenters. The van der Waals surface area contributed by atoms with E-state index in [0.717, 1.165) is 11.1 Å². The quantitative estimate of drug-likeness (QED) is 0.677. The van der Waals surface area contributed by atoms with Gasteiger partial charge in [0.25, 0.3) is 0 Å². The molecule has 0 aliphatic carbocycles. The van der Waals surface area contributed by atoms with Gasteiger partial charge in [0.15, 0.2) is 0 Å². The van der Waals surface area contributed by atoms with Crippen molar-refractivity contribution in [2.45, 2.75) is 25.7 Å². The zero-order valence-electron chi connectivity index (χ0n) is 12.4. The average Bonchev–Trinajstić information content (AvgIpc) is 2.49. The van der Waals surface area contributed by atoms with E-state index in [2.05, 4.69) is 4.98 Å². The predicted molar refractivity (Wildman–Crippen MR) is 82.8 cm³/mol. The second kappa shape index (κ2) is 6.39. The van der Waals surface area contributed by atoms with E-state index in [4.69, 9.17) is 10.5 Å². The van der Waals surface area contributed by atoms with Gasteiger partial charge in [-0.15, -0.1) is 0 Å². The number of carbonyl (C=O) groups excluding carboxylic acids is 1. The van der Waals surface area contributed by atoms with Gasteiger partial charge in [-0.3, -0.25) is 9.78 Å². The van der Waals surface area contributed by atoms with Gasteiger partial charge in [0.2, 0.25) is 0 Å². The molecule has 1 heterocycles. The van der Waals surface area contributed by atoms with Crippen LogP contribution >= 0.6 is 0 Å². The minimum Gasteiger partial charge on any atom is -0.465 e. The van der Waals surface area contributed by atoms with Crippen LogP contribution in [0.5, 0.6) is 0 Å². The van der Waals surface area contributed by atoms with Crippen molar-refractivity contribution in [1.82, 2.24) is 4.98 Å². The van der Waals surface area contributed by atoms with Crippen LogP contribution in [0.3, 0.4) is 0 Å². The lowest BCUT2D eigenvalue weighted by Crippen LogP contribution is -2.36. The largest absolute Gasteiger partial charge is 0.465 e. The van der Waals surface area contributed by atoms with E-state index in [1.165, 1.54) is 0 Å². The van der Waals surface area contributed by atoms with Gasteiger partial charge in [-0.1, -0.05) is 18.2 Å². The molecular weight excluding hydrogens is 264 g/mol. The second-order valence-electron chi connectivity index (χ2n) is 5.21. The predicted octanol–water partition coefficient (Wildman–Crippen LogP) is 2.73. The summed E-state index contributed by atoms with van der Waals surface area (Å²) in [5.41, 5.74) is 7.53. The summed E-state index contributed by atoms with van der Waals surface area (Å²) in [6.45, 7) is 4.06. The number of hydrogen-bond donors (Lipinski definition) is 1. The first-order valence-electron chi connectivity index (χ1n) is 6.98. The zero-order valence-corrected chi connectivity index (χ0v) is 12.4. The van der Waals surface area contributed by atoms with Crippen LogP contribution in [0.2, 0.25) is 0 Å². The summed E-state index contributed by atoms with van der Waals surface area (Å²) in [6.07, 6.45) is 4.02. The summed E-state index contributed by atoms with van der Waals surface area (Å²) >= 11 is 0. The number of nitrogen functional groups attached to an aromatic ring is 1. The highest BCUT2D eigenvalue weighted by Crippen LogP contribution is 2.30. The Hall–Kier alpha value is -2.36. The molecule has 0 bridgehead atoms. The summed E-state index contributed by atoms with van der Waals surface area (Å²) < 4.78 is 5.27. The second-order valence-corrected chi connectivity index (χ2v) is 5.21. The van der Waals surface area contributed by atoms with Crippen molar-refractivity contribution < 1.29 is 9.53 Å². The third-order valence-electron chi connectivity index (χ3n) is 3.55. The van der Waals surface area contributed by atoms with Gasteiger partial charge >= 0.3 is 5.97 Å². The Balaban J connectivity index is 2.38. The monoisotopic (exact) mass is 284 g/mol. The molecule has 1 aromatic carbocycles. The van der Waals surface area contributed by atoms with Crippen LogP contribution < -0.4 is 5.73 Å². The number of esters is 1. The number of aromatic nitrogens is 1. The Morgan fingerprint density at radius 3 is 2.57 bits per heavy atom. The molecule has 4 heteroatoms. The number of ether oxygens (including phenoxy) is 1. The van der Waals surface area contributed by atoms with Crippen LogP contribution in [0.25, 0.3) is 0 Å². The van der Waals surface area contributed by atoms with Gasteiger partial charge in [0.1, 0.15) is 0 Å². The van der Waals surface area contributed by atoms with Crippen LogP contribution in [-0.4, -0.2) is 17.6 Å². The molecule has 1 atom stereocenters. The number of carbonyl (C=O) groups is 1. The van der Waals surface area contributed by atoms with Gasteiger partial charge in [0.05, 0.1) is 12.0 Å². The number of nitrogens with two attached hydrogens (primary N) is 1. The molecule has 0 fully saturated rings. The summed E-state index contributed by atoms with van der Waals surface area (Å²) in [4.78, 5) is 16.6. The Bertz CT molecular complexity index is 596. The number of nitrogens with zero attached hydrogens (tertiary/aromatic N) is 1. The average molecular weight is 284 g/mol. The van der Waals surface area contributed by atoms with E-state index in [1.54, 1.807) is 24.5 Å². The number of benzene rings is 1. The number of hydrogen-bond acceptors (Lipinski definition) is 4. The fraction of sp³-hybridized carbons (Fsp3) is 0.294. The van der Waals surface area contributed by atoms with Crippen molar-refractivity contribution in [3.05, 3.63) is 59.9 Å². The van der Waals surface area contributed by atoms with Crippen LogP contribution in [0.1, 0.15) is 25.0 Å². The van der Waals surface area contributed by atoms with Crippen LogP contribution in [-0.2, 0) is 21.4 Å². The Morgan fingerprint density at radius 1 is 1.29 bits per heavy atom. The van der Waals surface area contributed by atoms with Gasteiger partial charge in [0, 0.05) is 18.1 Å². The van der Waals surface area contributed by atoms with E-state index < -0.39 is 5.41 Å². The van der Waals surface area contributed by atoms with Crippen molar-refractivity contribution in [3.63, 3.8) is 0 Å². The van der Waals surface area contributed by atoms with Crippen LogP contribution in [0.4, 0.5) is 5.69 Å². The Kier molecular flexibility index (Phi) is 4.58. The first kappa shape index (κ1) is 15.0. The highest BCUT2D eigenvalue weighted by molar-refractivity contribution is 5.83. The van der Waals surface area contributed by atoms with Crippen molar-refractivity contribution in [3.8, 4) is 0 Å². The van der Waals surface area contributed by atoms with Crippen molar-refractivity contribution >= 4 is 11.7 Å². The molecule has 2 aromatic rings. The van der Waals surface area contributed by atoms with Crippen molar-refractivity contribution in [2.24, 2.45) is 0 Å². The van der Waals surface area contributed by atoms with E-state index >= 15 is 0 Å². The topological polar surface area (TPSA) is 65.2 Å². The van der Waals surface area contributed by atoms with E-state index in [-0.39, 0.29) is 5.97 Å². The first-order valence-corrected chi connectivity index (χ1v) is 6.98. The first-order chi connectivity index (χ1) is 10.1. The summed E-state index contributed by atoms with van der Waals surface area (Å²) in [5, 5.41) is 0. The highest BCUT2D eigenvalue weighted by atomic mass is 16.5. The fourth-order valence-corrected chi connectivity index (χ4v) is 2.34. The molecule has 2 N–H and O–H groups in total. The zero-order chi connectivity index (χ0) is 15.3. The fourth-order valence-electron chi connectivity index (χ4n) is 2.34. The van der Waals surface area contributed by atoms with Gasteiger partial charge in [-0.25, -0.2) is 0 Å². The van der Waals surface area contributed by atoms with E-state index in [9.17, 15) is 4.79 Å². The molecule has 1 aromatic heterocycles. The van der Waals surface area contributed by atoms with Crippen LogP contribution in [0.15, 0.2) is 48.8 Å². The summed E-state index contributed by atoms with van der Waals surface area (Å²) in [6, 6.07) is 11.2. The molecule has 0 spiro atoms. The lowest BCUT2D eigenvalue weighted by atomic mass is 9.77. The summed E-state index contributed by atoms with van der Waals surface area (Å²) in [5.74, 6) is -0.237. The van der Waals surface area contributed by atoms with Crippen molar-refractivity contribution in [2.75, 3.05) is 12.3 Å². The van der Waals surface area contributed by atoms with Crippen molar-refractivity contribution in [1.29, 1.82) is 0 Å². The maximum Gasteiger partial charge on any atom is 0.316 e. The smallest absolute Gasteiger partial charge is 0.316 e.